The first-order chi connectivity index (χ1) is 9.56. The molecule has 3 nitrogen and oxygen atoms in total. The molecule has 0 amide bonds. The summed E-state index contributed by atoms with van der Waals surface area (Å²) in [5.41, 5.74) is 4.72. The maximum atomic E-state index is 5.92. The van der Waals surface area contributed by atoms with Crippen LogP contribution in [0.5, 0.6) is 5.75 Å². The SMILES string of the molecule is CCc1nn(CC)c(COc2ccc(C)c(C)c2)c1Br. The van der Waals surface area contributed by atoms with E-state index in [1.54, 1.807) is 0 Å². The molecule has 0 saturated heterocycles. The van der Waals surface area contributed by atoms with Crippen LogP contribution in [0.2, 0.25) is 0 Å². The van der Waals surface area contributed by atoms with Gasteiger partial charge in [0.2, 0.25) is 0 Å². The molecule has 0 aliphatic heterocycles. The van der Waals surface area contributed by atoms with Gasteiger partial charge in [0.1, 0.15) is 12.4 Å². The minimum absolute atomic E-state index is 0.532. The molecule has 1 heterocycles. The fraction of sp³-hybridized carbons (Fsp3) is 0.438. The molecule has 0 bridgehead atoms. The van der Waals surface area contributed by atoms with Gasteiger partial charge in [-0.3, -0.25) is 4.68 Å². The van der Waals surface area contributed by atoms with E-state index >= 15 is 0 Å². The Kier molecular flexibility index (Phi) is 4.86. The Balaban J connectivity index is 2.17. The van der Waals surface area contributed by atoms with Crippen molar-refractivity contribution in [2.24, 2.45) is 0 Å². The van der Waals surface area contributed by atoms with Crippen LogP contribution >= 0.6 is 15.9 Å². The minimum Gasteiger partial charge on any atom is -0.487 e. The second-order valence-electron chi connectivity index (χ2n) is 4.91. The van der Waals surface area contributed by atoms with Crippen LogP contribution in [0.3, 0.4) is 0 Å². The van der Waals surface area contributed by atoms with Crippen molar-refractivity contribution < 1.29 is 4.74 Å². The van der Waals surface area contributed by atoms with E-state index in [1.807, 2.05) is 10.7 Å². The zero-order valence-electron chi connectivity index (χ0n) is 12.5. The molecule has 0 aliphatic carbocycles. The third-order valence-electron chi connectivity index (χ3n) is 3.55. The molecule has 2 aromatic rings. The third kappa shape index (κ3) is 3.06. The molecule has 20 heavy (non-hydrogen) atoms. The van der Waals surface area contributed by atoms with Gasteiger partial charge in [-0.15, -0.1) is 0 Å². The van der Waals surface area contributed by atoms with E-state index < -0.39 is 0 Å². The highest BCUT2D eigenvalue weighted by Crippen LogP contribution is 2.24. The van der Waals surface area contributed by atoms with Crippen LogP contribution in [0.1, 0.15) is 36.4 Å². The molecular formula is C16H21BrN2O. The van der Waals surface area contributed by atoms with Gasteiger partial charge >= 0.3 is 0 Å². The van der Waals surface area contributed by atoms with Crippen molar-refractivity contribution in [1.29, 1.82) is 0 Å². The average molecular weight is 337 g/mol. The number of halogens is 1. The first-order valence-electron chi connectivity index (χ1n) is 7.00. The molecule has 1 aromatic carbocycles. The summed E-state index contributed by atoms with van der Waals surface area (Å²) in [6.45, 7) is 9.80. The maximum absolute atomic E-state index is 5.92. The van der Waals surface area contributed by atoms with Gasteiger partial charge in [0, 0.05) is 6.54 Å². The maximum Gasteiger partial charge on any atom is 0.131 e. The lowest BCUT2D eigenvalue weighted by molar-refractivity contribution is 0.291. The number of hydrogen-bond acceptors (Lipinski definition) is 2. The van der Waals surface area contributed by atoms with Crippen molar-refractivity contribution in [2.45, 2.75) is 47.3 Å². The lowest BCUT2D eigenvalue weighted by atomic mass is 10.1. The summed E-state index contributed by atoms with van der Waals surface area (Å²) in [6.07, 6.45) is 0.921. The quantitative estimate of drug-likeness (QED) is 0.807. The fourth-order valence-electron chi connectivity index (χ4n) is 2.11. The van der Waals surface area contributed by atoms with Gasteiger partial charge in [-0.2, -0.15) is 5.10 Å². The van der Waals surface area contributed by atoms with Crippen molar-refractivity contribution in [3.8, 4) is 5.75 Å². The zero-order chi connectivity index (χ0) is 14.7. The van der Waals surface area contributed by atoms with Gasteiger partial charge in [0.15, 0.2) is 0 Å². The molecule has 0 spiro atoms. The first-order valence-corrected chi connectivity index (χ1v) is 7.80. The monoisotopic (exact) mass is 336 g/mol. The number of hydrogen-bond donors (Lipinski definition) is 0. The van der Waals surface area contributed by atoms with Gasteiger partial charge in [-0.1, -0.05) is 13.0 Å². The van der Waals surface area contributed by atoms with Crippen molar-refractivity contribution >= 4 is 15.9 Å². The standard InChI is InChI=1S/C16H21BrN2O/c1-5-14-16(17)15(19(6-2)18-14)10-20-13-8-7-11(3)12(4)9-13/h7-9H,5-6,10H2,1-4H3. The number of benzene rings is 1. The van der Waals surface area contributed by atoms with Crippen LogP contribution in [0, 0.1) is 13.8 Å². The second kappa shape index (κ2) is 6.44. The number of nitrogens with zero attached hydrogens (tertiary/aromatic N) is 2. The fourth-order valence-corrected chi connectivity index (χ4v) is 2.79. The van der Waals surface area contributed by atoms with E-state index in [9.17, 15) is 0 Å². The molecule has 0 atom stereocenters. The highest BCUT2D eigenvalue weighted by atomic mass is 79.9. The summed E-state index contributed by atoms with van der Waals surface area (Å²) in [7, 11) is 0. The third-order valence-corrected chi connectivity index (χ3v) is 4.46. The molecule has 0 fully saturated rings. The summed E-state index contributed by atoms with van der Waals surface area (Å²) in [5.74, 6) is 0.905. The second-order valence-corrected chi connectivity index (χ2v) is 5.70. The first kappa shape index (κ1) is 15.1. The highest BCUT2D eigenvalue weighted by Gasteiger charge is 2.14. The Morgan fingerprint density at radius 3 is 2.55 bits per heavy atom. The van der Waals surface area contributed by atoms with E-state index in [0.717, 1.165) is 34.6 Å². The van der Waals surface area contributed by atoms with Crippen LogP contribution in [0.25, 0.3) is 0 Å². The van der Waals surface area contributed by atoms with Gasteiger partial charge in [-0.25, -0.2) is 0 Å². The van der Waals surface area contributed by atoms with Crippen LogP contribution < -0.4 is 4.74 Å². The van der Waals surface area contributed by atoms with E-state index in [-0.39, 0.29) is 0 Å². The van der Waals surface area contributed by atoms with Gasteiger partial charge < -0.3 is 4.74 Å². The molecule has 0 N–H and O–H groups in total. The van der Waals surface area contributed by atoms with Crippen molar-refractivity contribution in [3.63, 3.8) is 0 Å². The van der Waals surface area contributed by atoms with Gasteiger partial charge in [0.05, 0.1) is 15.9 Å². The van der Waals surface area contributed by atoms with E-state index in [2.05, 4.69) is 60.9 Å². The molecule has 1 aromatic heterocycles. The highest BCUT2D eigenvalue weighted by molar-refractivity contribution is 9.10. The summed E-state index contributed by atoms with van der Waals surface area (Å²) < 4.78 is 9.00. The minimum atomic E-state index is 0.532. The number of aromatic nitrogens is 2. The Morgan fingerprint density at radius 1 is 1.20 bits per heavy atom. The Morgan fingerprint density at radius 2 is 1.95 bits per heavy atom. The Bertz CT molecular complexity index is 605. The summed E-state index contributed by atoms with van der Waals surface area (Å²) in [6, 6.07) is 6.19. The van der Waals surface area contributed by atoms with Crippen molar-refractivity contribution in [2.75, 3.05) is 0 Å². The zero-order valence-corrected chi connectivity index (χ0v) is 14.1. The smallest absolute Gasteiger partial charge is 0.131 e. The van der Waals surface area contributed by atoms with Crippen molar-refractivity contribution in [3.05, 3.63) is 45.2 Å². The molecule has 108 valence electrons. The van der Waals surface area contributed by atoms with Crippen LogP contribution in [-0.4, -0.2) is 9.78 Å². The predicted octanol–water partition coefficient (Wildman–Crippen LogP) is 4.42. The number of ether oxygens (including phenoxy) is 1. The van der Waals surface area contributed by atoms with E-state index in [4.69, 9.17) is 4.74 Å². The molecule has 0 radical (unpaired) electrons. The van der Waals surface area contributed by atoms with E-state index in [0.29, 0.717) is 6.61 Å². The molecule has 0 saturated carbocycles. The average Bonchev–Trinajstić information content (AvgIpc) is 2.76. The molecule has 0 unspecified atom stereocenters. The van der Waals surface area contributed by atoms with Gasteiger partial charge in [0.25, 0.3) is 0 Å². The number of rotatable bonds is 5. The molecule has 4 heteroatoms. The summed E-state index contributed by atoms with van der Waals surface area (Å²) in [4.78, 5) is 0. The molecular weight excluding hydrogens is 316 g/mol. The Hall–Kier alpha value is -1.29. The van der Waals surface area contributed by atoms with Crippen molar-refractivity contribution in [1.82, 2.24) is 9.78 Å². The summed E-state index contributed by atoms with van der Waals surface area (Å²) >= 11 is 3.64. The lowest BCUT2D eigenvalue weighted by Crippen LogP contribution is -2.06. The Labute approximate surface area is 129 Å². The lowest BCUT2D eigenvalue weighted by Gasteiger charge is -2.10. The predicted molar refractivity (Wildman–Crippen MR) is 85.2 cm³/mol. The normalized spacial score (nSPS) is 10.8. The van der Waals surface area contributed by atoms with E-state index in [1.165, 1.54) is 11.1 Å². The van der Waals surface area contributed by atoms with Crippen LogP contribution in [-0.2, 0) is 19.6 Å². The molecule has 0 aliphatic rings. The van der Waals surface area contributed by atoms with Crippen LogP contribution in [0.15, 0.2) is 22.7 Å². The van der Waals surface area contributed by atoms with Crippen LogP contribution in [0.4, 0.5) is 0 Å². The largest absolute Gasteiger partial charge is 0.487 e. The van der Waals surface area contributed by atoms with Gasteiger partial charge in [-0.05, 0) is 66.4 Å². The molecule has 2 rings (SSSR count). The topological polar surface area (TPSA) is 27.1 Å². The summed E-state index contributed by atoms with van der Waals surface area (Å²) in [5, 5.41) is 4.58. The number of aryl methyl sites for hydroxylation is 4.